The second-order valence-electron chi connectivity index (χ2n) is 23.9. The highest BCUT2D eigenvalue weighted by atomic mass is 31.2. The molecule has 72 heavy (non-hydrogen) atoms. The third kappa shape index (κ3) is 57.2. The molecule has 0 heterocycles. The summed E-state index contributed by atoms with van der Waals surface area (Å²) in [6, 6.07) is -0.755. The van der Waals surface area contributed by atoms with Crippen molar-refractivity contribution in [3.8, 4) is 0 Å². The first-order chi connectivity index (χ1) is 35.0. The number of nitrogens with zero attached hydrogens (tertiary/aromatic N) is 1. The molecule has 3 unspecified atom stereocenters. The quantitative estimate of drug-likeness (QED) is 0.0318. The van der Waals surface area contributed by atoms with Gasteiger partial charge in [-0.1, -0.05) is 328 Å². The van der Waals surface area contributed by atoms with Crippen molar-refractivity contribution in [3.05, 3.63) is 0 Å². The van der Waals surface area contributed by atoms with Crippen molar-refractivity contribution in [2.24, 2.45) is 0 Å². The van der Waals surface area contributed by atoms with Gasteiger partial charge in [0, 0.05) is 6.42 Å². The van der Waals surface area contributed by atoms with Crippen molar-refractivity contribution in [2.75, 3.05) is 40.9 Å². The molecule has 0 aromatic heterocycles. The maximum atomic E-state index is 13.0. The first kappa shape index (κ1) is 71.5. The van der Waals surface area contributed by atoms with E-state index < -0.39 is 20.0 Å². The smallest absolute Gasteiger partial charge is 0.391 e. The second kappa shape index (κ2) is 55.3. The third-order valence-corrected chi connectivity index (χ3v) is 16.3. The fourth-order valence-electron chi connectivity index (χ4n) is 10.3. The van der Waals surface area contributed by atoms with Crippen LogP contribution >= 0.6 is 7.82 Å². The number of aliphatic hydroxyl groups excluding tert-OH is 1. The maximum absolute atomic E-state index is 13.0. The summed E-state index contributed by atoms with van der Waals surface area (Å²) >= 11 is 0. The molecule has 0 aliphatic carbocycles. The van der Waals surface area contributed by atoms with Crippen molar-refractivity contribution in [3.63, 3.8) is 0 Å². The van der Waals surface area contributed by atoms with Crippen LogP contribution in [-0.2, 0) is 18.4 Å². The fraction of sp³-hybridized carbons (Fsp3) is 0.984. The molecule has 0 aromatic rings. The van der Waals surface area contributed by atoms with Crippen molar-refractivity contribution in [1.29, 1.82) is 0 Å². The number of hydrogen-bond acceptors (Lipinski definition) is 5. The lowest BCUT2D eigenvalue weighted by Crippen LogP contribution is -2.46. The molecule has 0 aliphatic rings. The molecule has 0 spiro atoms. The van der Waals surface area contributed by atoms with E-state index in [0.29, 0.717) is 23.9 Å². The minimum Gasteiger partial charge on any atom is -0.391 e. The summed E-state index contributed by atoms with van der Waals surface area (Å²) in [4.78, 5) is 23.4. The number of carbonyl (C=O) groups excluding carboxylic acids is 1. The highest BCUT2D eigenvalue weighted by molar-refractivity contribution is 7.47. The summed E-state index contributed by atoms with van der Waals surface area (Å²) in [6.45, 7) is 4.95. The molecule has 432 valence electrons. The van der Waals surface area contributed by atoms with Crippen LogP contribution in [0.5, 0.6) is 0 Å². The van der Waals surface area contributed by atoms with Gasteiger partial charge in [-0.25, -0.2) is 4.57 Å². The Kier molecular flexibility index (Phi) is 54.9. The fourth-order valence-corrected chi connectivity index (χ4v) is 11.0. The van der Waals surface area contributed by atoms with Crippen LogP contribution in [0, 0.1) is 0 Å². The summed E-state index contributed by atoms with van der Waals surface area (Å²) in [7, 11) is 1.64. The van der Waals surface area contributed by atoms with Gasteiger partial charge in [0.1, 0.15) is 13.2 Å². The van der Waals surface area contributed by atoms with E-state index in [4.69, 9.17) is 9.05 Å². The lowest BCUT2D eigenvalue weighted by atomic mass is 10.0. The largest absolute Gasteiger partial charge is 0.472 e. The summed E-state index contributed by atoms with van der Waals surface area (Å²) in [5, 5.41) is 14.1. The standard InChI is InChI=1S/C63H129N2O6P/c1-6-8-10-12-14-16-18-20-22-24-26-27-28-29-30-31-32-33-34-35-36-37-38-39-41-43-45-47-49-51-53-55-57-63(67)64-61(60-71-72(68,69)70-59-58-65(3,4)5)62(66)56-54-52-50-48-46-44-42-40-25-23-21-19-17-15-13-11-9-7-2/h61-62,66H,6-60H2,1-5H3,(H-,64,67,68,69)/p+1. The topological polar surface area (TPSA) is 105 Å². The van der Waals surface area contributed by atoms with E-state index in [0.717, 1.165) is 38.5 Å². The summed E-state index contributed by atoms with van der Waals surface area (Å²) in [6.07, 6.45) is 67.6. The summed E-state index contributed by atoms with van der Waals surface area (Å²) in [5.41, 5.74) is 0. The molecule has 0 saturated carbocycles. The average Bonchev–Trinajstić information content (AvgIpc) is 3.34. The van der Waals surface area contributed by atoms with Gasteiger partial charge in [-0.05, 0) is 12.8 Å². The van der Waals surface area contributed by atoms with E-state index in [-0.39, 0.29) is 19.1 Å². The molecule has 1 amide bonds. The highest BCUT2D eigenvalue weighted by Gasteiger charge is 2.28. The van der Waals surface area contributed by atoms with Crippen LogP contribution in [0.25, 0.3) is 0 Å². The van der Waals surface area contributed by atoms with E-state index in [9.17, 15) is 19.4 Å². The van der Waals surface area contributed by atoms with E-state index >= 15 is 0 Å². The average molecular weight is 1040 g/mol. The van der Waals surface area contributed by atoms with Crippen LogP contribution in [0.1, 0.15) is 348 Å². The molecule has 0 radical (unpaired) electrons. The van der Waals surface area contributed by atoms with Crippen molar-refractivity contribution in [2.45, 2.75) is 360 Å². The zero-order chi connectivity index (χ0) is 52.7. The van der Waals surface area contributed by atoms with E-state index in [1.165, 1.54) is 283 Å². The lowest BCUT2D eigenvalue weighted by Gasteiger charge is -2.26. The molecule has 0 aromatic carbocycles. The Morgan fingerprint density at radius 2 is 0.667 bits per heavy atom. The number of nitrogens with one attached hydrogen (secondary N) is 1. The predicted molar refractivity (Wildman–Crippen MR) is 314 cm³/mol. The molecule has 0 fully saturated rings. The Morgan fingerprint density at radius 3 is 0.931 bits per heavy atom. The zero-order valence-electron chi connectivity index (χ0n) is 49.5. The third-order valence-electron chi connectivity index (χ3n) is 15.4. The van der Waals surface area contributed by atoms with Crippen LogP contribution in [0.2, 0.25) is 0 Å². The SMILES string of the molecule is CCCCCCCCCCCCCCCCCCCCCCCCCCCCCCCCCCC(=O)NC(COP(=O)(O)OCC[N+](C)(C)C)C(O)CCCCCCCCCCCCCCCCCCCC. The van der Waals surface area contributed by atoms with E-state index in [2.05, 4.69) is 19.2 Å². The first-order valence-corrected chi connectivity index (χ1v) is 33.9. The predicted octanol–water partition coefficient (Wildman–Crippen LogP) is 20.0. The van der Waals surface area contributed by atoms with E-state index in [1.807, 2.05) is 21.1 Å². The lowest BCUT2D eigenvalue weighted by molar-refractivity contribution is -0.870. The minimum atomic E-state index is -4.32. The summed E-state index contributed by atoms with van der Waals surface area (Å²) in [5.74, 6) is -0.134. The van der Waals surface area contributed by atoms with Crippen LogP contribution < -0.4 is 5.32 Å². The van der Waals surface area contributed by atoms with Gasteiger partial charge in [0.2, 0.25) is 5.91 Å². The Morgan fingerprint density at radius 1 is 0.417 bits per heavy atom. The van der Waals surface area contributed by atoms with Gasteiger partial charge < -0.3 is 19.8 Å². The molecular formula is C63H130N2O6P+. The van der Waals surface area contributed by atoms with Gasteiger partial charge in [0.05, 0.1) is 39.9 Å². The molecule has 9 heteroatoms. The number of unbranched alkanes of at least 4 members (excludes halogenated alkanes) is 48. The molecule has 3 atom stereocenters. The van der Waals surface area contributed by atoms with Crippen LogP contribution in [0.3, 0.4) is 0 Å². The van der Waals surface area contributed by atoms with Gasteiger partial charge in [0.15, 0.2) is 0 Å². The maximum Gasteiger partial charge on any atom is 0.472 e. The Hall–Kier alpha value is -0.500. The molecule has 0 rings (SSSR count). The number of phosphoric acid groups is 1. The number of likely N-dealkylation sites (N-methyl/N-ethyl adjacent to an activating group) is 1. The molecule has 3 N–H and O–H groups in total. The van der Waals surface area contributed by atoms with E-state index in [1.54, 1.807) is 0 Å². The number of rotatable bonds is 61. The molecular weight excluding hydrogens is 912 g/mol. The molecule has 0 aliphatic heterocycles. The Bertz CT molecular complexity index is 1140. The Labute approximate surface area is 450 Å². The van der Waals surface area contributed by atoms with Crippen LogP contribution in [0.15, 0.2) is 0 Å². The zero-order valence-corrected chi connectivity index (χ0v) is 50.4. The van der Waals surface area contributed by atoms with Gasteiger partial charge >= 0.3 is 7.82 Å². The van der Waals surface area contributed by atoms with Gasteiger partial charge in [-0.2, -0.15) is 0 Å². The number of carbonyl (C=O) groups is 1. The molecule has 0 saturated heterocycles. The van der Waals surface area contributed by atoms with Gasteiger partial charge in [-0.3, -0.25) is 13.8 Å². The van der Waals surface area contributed by atoms with Crippen LogP contribution in [0.4, 0.5) is 0 Å². The molecule has 0 bridgehead atoms. The van der Waals surface area contributed by atoms with Gasteiger partial charge in [0.25, 0.3) is 0 Å². The number of aliphatic hydroxyl groups is 1. The number of hydrogen-bond donors (Lipinski definition) is 3. The normalized spacial score (nSPS) is 13.7. The highest BCUT2D eigenvalue weighted by Crippen LogP contribution is 2.43. The summed E-state index contributed by atoms with van der Waals surface area (Å²) < 4.78 is 23.8. The number of quaternary nitrogens is 1. The Balaban J connectivity index is 3.96. The second-order valence-corrected chi connectivity index (χ2v) is 25.3. The van der Waals surface area contributed by atoms with Crippen molar-refractivity contribution < 1.29 is 32.9 Å². The van der Waals surface area contributed by atoms with Crippen molar-refractivity contribution in [1.82, 2.24) is 5.32 Å². The van der Waals surface area contributed by atoms with Crippen LogP contribution in [-0.4, -0.2) is 73.4 Å². The number of phosphoric ester groups is 1. The first-order valence-electron chi connectivity index (χ1n) is 32.4. The monoisotopic (exact) mass is 1040 g/mol. The minimum absolute atomic E-state index is 0.0792. The molecule has 8 nitrogen and oxygen atoms in total. The number of amides is 1. The van der Waals surface area contributed by atoms with Gasteiger partial charge in [-0.15, -0.1) is 0 Å². The van der Waals surface area contributed by atoms with Crippen molar-refractivity contribution >= 4 is 13.7 Å².